The van der Waals surface area contributed by atoms with Gasteiger partial charge < -0.3 is 9.30 Å². The van der Waals surface area contributed by atoms with E-state index in [1.807, 2.05) is 0 Å². The highest BCUT2D eigenvalue weighted by molar-refractivity contribution is 8.04. The summed E-state index contributed by atoms with van der Waals surface area (Å²) in [7, 11) is -1.65. The molecule has 6 unspecified atom stereocenters. The fourth-order valence-electron chi connectivity index (χ4n) is 6.76. The third kappa shape index (κ3) is 6.64. The predicted molar refractivity (Wildman–Crippen MR) is 143 cm³/mol. The number of ether oxygens (including phenoxy) is 1. The van der Waals surface area contributed by atoms with Crippen LogP contribution in [0.5, 0.6) is 0 Å². The summed E-state index contributed by atoms with van der Waals surface area (Å²) in [6.45, 7) is 28.6. The first-order chi connectivity index (χ1) is 14.2. The normalized spacial score (nSPS) is 31.1. The molecule has 2 nitrogen and oxygen atoms in total. The molecule has 0 aromatic heterocycles. The maximum Gasteiger partial charge on any atom is 0.130 e. The van der Waals surface area contributed by atoms with Crippen LogP contribution in [-0.2, 0) is 4.74 Å². The molecule has 1 saturated carbocycles. The van der Waals surface area contributed by atoms with Crippen molar-refractivity contribution in [2.45, 2.75) is 129 Å². The number of allylic oxidation sites excluding steroid dienone is 2. The molecule has 1 aliphatic carbocycles. The summed E-state index contributed by atoms with van der Waals surface area (Å²) < 4.78 is 8.93. The summed E-state index contributed by atoms with van der Waals surface area (Å²) in [5, 5.41) is 0.818. The van der Waals surface area contributed by atoms with Crippen molar-refractivity contribution in [3.05, 3.63) is 11.0 Å². The van der Waals surface area contributed by atoms with Gasteiger partial charge in [-0.2, -0.15) is 0 Å². The molecule has 0 bridgehead atoms. The Hall–Kier alpha value is 0.227. The Kier molecular flexibility index (Phi) is 9.44. The van der Waals surface area contributed by atoms with Crippen molar-refractivity contribution in [2.24, 2.45) is 17.8 Å². The van der Waals surface area contributed by atoms with E-state index in [1.54, 1.807) is 4.91 Å². The Labute approximate surface area is 200 Å². The molecule has 1 fully saturated rings. The number of hydrogen-bond donors (Lipinski definition) is 0. The van der Waals surface area contributed by atoms with E-state index in [2.05, 4.69) is 98.2 Å². The molecule has 2 rings (SSSR count). The molecule has 0 aromatic carbocycles. The second-order valence-electron chi connectivity index (χ2n) is 12.6. The second kappa shape index (κ2) is 10.7. The van der Waals surface area contributed by atoms with Crippen molar-refractivity contribution >= 4 is 20.0 Å². The summed E-state index contributed by atoms with van der Waals surface area (Å²) in [6.07, 6.45) is 7.87. The highest BCUT2D eigenvalue weighted by Gasteiger charge is 2.58. The van der Waals surface area contributed by atoms with Crippen molar-refractivity contribution in [1.29, 1.82) is 0 Å². The van der Waals surface area contributed by atoms with Gasteiger partial charge in [-0.05, 0) is 95.7 Å². The molecule has 31 heavy (non-hydrogen) atoms. The molecular formula is C27H53NOSSi. The molecule has 0 amide bonds. The van der Waals surface area contributed by atoms with E-state index in [-0.39, 0.29) is 11.1 Å². The topological polar surface area (TPSA) is 12.5 Å². The summed E-state index contributed by atoms with van der Waals surface area (Å²) in [6, 6.07) is 1.45. The minimum Gasteiger partial charge on any atom is -0.376 e. The minimum absolute atomic E-state index is 0.00319. The lowest BCUT2D eigenvalue weighted by Crippen LogP contribution is -2.63. The molecule has 2 aliphatic rings. The van der Waals surface area contributed by atoms with Gasteiger partial charge >= 0.3 is 0 Å². The predicted octanol–water partition coefficient (Wildman–Crippen LogP) is 8.35. The van der Waals surface area contributed by atoms with Gasteiger partial charge in [-0.1, -0.05) is 52.7 Å². The fourth-order valence-corrected chi connectivity index (χ4v) is 15.9. The van der Waals surface area contributed by atoms with Gasteiger partial charge in [-0.25, -0.2) is 0 Å². The SMILES string of the molecule is CCN(C(C)(C)C)[Si](C)(CCCCCCOC(C)(C)C)C1C(C)C(C)C2C=C(C)SC21. The zero-order chi connectivity index (χ0) is 23.6. The first-order valence-corrected chi connectivity index (χ1v) is 16.6. The van der Waals surface area contributed by atoms with E-state index < -0.39 is 8.24 Å². The second-order valence-corrected chi connectivity index (χ2v) is 18.4. The van der Waals surface area contributed by atoms with Gasteiger partial charge in [-0.3, -0.25) is 0 Å². The van der Waals surface area contributed by atoms with Crippen LogP contribution < -0.4 is 0 Å². The van der Waals surface area contributed by atoms with Crippen molar-refractivity contribution < 1.29 is 4.74 Å². The highest BCUT2D eigenvalue weighted by Crippen LogP contribution is 2.61. The van der Waals surface area contributed by atoms with E-state index in [0.717, 1.165) is 35.2 Å². The van der Waals surface area contributed by atoms with Gasteiger partial charge in [0, 0.05) is 17.4 Å². The van der Waals surface area contributed by atoms with E-state index in [1.165, 1.54) is 38.3 Å². The average molecular weight is 468 g/mol. The zero-order valence-electron chi connectivity index (χ0n) is 22.7. The number of nitrogens with zero attached hydrogens (tertiary/aromatic N) is 1. The number of fused-ring (bicyclic) bond motifs is 1. The van der Waals surface area contributed by atoms with E-state index >= 15 is 0 Å². The molecule has 0 radical (unpaired) electrons. The van der Waals surface area contributed by atoms with Crippen LogP contribution in [0.2, 0.25) is 18.1 Å². The Morgan fingerprint density at radius 2 is 1.61 bits per heavy atom. The molecule has 4 heteroatoms. The van der Waals surface area contributed by atoms with Gasteiger partial charge in [0.15, 0.2) is 0 Å². The van der Waals surface area contributed by atoms with E-state index in [9.17, 15) is 0 Å². The molecule has 0 aromatic rings. The van der Waals surface area contributed by atoms with Crippen molar-refractivity contribution in [1.82, 2.24) is 4.57 Å². The maximum absolute atomic E-state index is 5.93. The fraction of sp³-hybridized carbons (Fsp3) is 0.926. The molecular weight excluding hydrogens is 414 g/mol. The molecule has 0 spiro atoms. The van der Waals surface area contributed by atoms with Gasteiger partial charge in [0.2, 0.25) is 0 Å². The molecule has 182 valence electrons. The highest BCUT2D eigenvalue weighted by atomic mass is 32.2. The minimum atomic E-state index is -1.65. The summed E-state index contributed by atoms with van der Waals surface area (Å²) in [5.74, 6) is 2.45. The van der Waals surface area contributed by atoms with E-state index in [4.69, 9.17) is 4.74 Å². The molecule has 1 aliphatic heterocycles. The summed E-state index contributed by atoms with van der Waals surface area (Å²) in [4.78, 5) is 1.58. The third-order valence-electron chi connectivity index (χ3n) is 8.06. The summed E-state index contributed by atoms with van der Waals surface area (Å²) in [5.41, 5.74) is 1.13. The largest absolute Gasteiger partial charge is 0.376 e. The first-order valence-electron chi connectivity index (χ1n) is 13.0. The Balaban J connectivity index is 2.12. The Bertz CT molecular complexity index is 607. The molecule has 0 saturated heterocycles. The zero-order valence-corrected chi connectivity index (χ0v) is 24.5. The monoisotopic (exact) mass is 467 g/mol. The number of thioether (sulfide) groups is 1. The van der Waals surface area contributed by atoms with Crippen LogP contribution in [0.4, 0.5) is 0 Å². The number of rotatable bonds is 10. The smallest absolute Gasteiger partial charge is 0.130 e. The van der Waals surface area contributed by atoms with Crippen LogP contribution in [0, 0.1) is 17.8 Å². The molecule has 0 N–H and O–H groups in total. The lowest BCUT2D eigenvalue weighted by Gasteiger charge is -2.53. The third-order valence-corrected chi connectivity index (χ3v) is 15.6. The lowest BCUT2D eigenvalue weighted by molar-refractivity contribution is -0.00471. The van der Waals surface area contributed by atoms with E-state index in [0.29, 0.717) is 0 Å². The number of hydrogen-bond acceptors (Lipinski definition) is 3. The van der Waals surface area contributed by atoms with Crippen LogP contribution in [0.1, 0.15) is 94.9 Å². The molecule has 6 atom stereocenters. The first kappa shape index (κ1) is 27.5. The quantitative estimate of drug-likeness (QED) is 0.236. The van der Waals surface area contributed by atoms with Crippen molar-refractivity contribution in [2.75, 3.05) is 13.2 Å². The maximum atomic E-state index is 5.93. The standard InChI is InChI=1S/C27H53NOSSi/c1-12-28(26(5,6)7)31(11,18-16-14-13-15-17-29-27(8,9)10)25-22(4)21(3)23-19-20(2)30-24(23)25/h19,21-25H,12-18H2,1-11H3. The van der Waals surface area contributed by atoms with Gasteiger partial charge in [0.05, 0.1) is 5.60 Å². The molecule has 1 heterocycles. The van der Waals surface area contributed by atoms with Crippen LogP contribution in [0.25, 0.3) is 0 Å². The van der Waals surface area contributed by atoms with Gasteiger partial charge in [0.25, 0.3) is 0 Å². The van der Waals surface area contributed by atoms with Crippen molar-refractivity contribution in [3.63, 3.8) is 0 Å². The van der Waals surface area contributed by atoms with Crippen LogP contribution in [0.3, 0.4) is 0 Å². The number of unbranched alkanes of at least 4 members (excludes halogenated alkanes) is 3. The van der Waals surface area contributed by atoms with Crippen LogP contribution in [0.15, 0.2) is 11.0 Å². The Morgan fingerprint density at radius 1 is 1.00 bits per heavy atom. The lowest BCUT2D eigenvalue weighted by atomic mass is 9.92. The van der Waals surface area contributed by atoms with Crippen molar-refractivity contribution in [3.8, 4) is 0 Å². The van der Waals surface area contributed by atoms with Crippen LogP contribution in [-0.4, -0.2) is 42.3 Å². The Morgan fingerprint density at radius 3 is 2.16 bits per heavy atom. The van der Waals surface area contributed by atoms with Crippen LogP contribution >= 0.6 is 11.8 Å². The average Bonchev–Trinajstić information content (AvgIpc) is 3.09. The van der Waals surface area contributed by atoms with Gasteiger partial charge in [-0.15, -0.1) is 11.8 Å². The summed E-state index contributed by atoms with van der Waals surface area (Å²) >= 11 is 2.22. The van der Waals surface area contributed by atoms with Gasteiger partial charge in [0.1, 0.15) is 8.24 Å².